The highest BCUT2D eigenvalue weighted by atomic mass is 32.2. The first-order chi connectivity index (χ1) is 25.1. The van der Waals surface area contributed by atoms with Gasteiger partial charge in [0, 0.05) is 49.7 Å². The predicted molar refractivity (Wildman–Crippen MR) is 189 cm³/mol. The van der Waals surface area contributed by atoms with Crippen LogP contribution in [0.3, 0.4) is 0 Å². The molecule has 3 heterocycles. The van der Waals surface area contributed by atoms with Crippen LogP contribution in [-0.4, -0.2) is 67.6 Å². The third-order valence-electron chi connectivity index (χ3n) is 9.85. The van der Waals surface area contributed by atoms with Gasteiger partial charge in [-0.25, -0.2) is 9.18 Å². The summed E-state index contributed by atoms with van der Waals surface area (Å²) in [6, 6.07) is 15.2. The summed E-state index contributed by atoms with van der Waals surface area (Å²) < 4.78 is 62.7. The molecule has 2 amide bonds. The standard InChI is InChI=1S/C37H38F4N8O2S/c38-28-11-9-25(10-12-28)23-52-35-44-33(50)29-7-4-8-30(29)48(35)22-32-46-45-31(21-42-17-19-47-20-18-43-34(47)51)49(32)24-36(37(39,40)41)15-13-27(14-16-36)26-5-2-1-3-6-26/h1-3,5-6,9-15,42H,4,7-8,16-24H2,(H,43,51). The monoisotopic (exact) mass is 734 g/mol. The first-order valence-corrected chi connectivity index (χ1v) is 18.2. The first-order valence-electron chi connectivity index (χ1n) is 17.3. The molecule has 0 radical (unpaired) electrons. The van der Waals surface area contributed by atoms with Gasteiger partial charge in [0.1, 0.15) is 17.1 Å². The summed E-state index contributed by atoms with van der Waals surface area (Å²) in [5.74, 6) is 0.667. The van der Waals surface area contributed by atoms with E-state index in [0.717, 1.165) is 28.8 Å². The van der Waals surface area contributed by atoms with Crippen molar-refractivity contribution in [3.05, 3.63) is 123 Å². The molecule has 7 rings (SSSR count). The van der Waals surface area contributed by atoms with Crippen LogP contribution >= 0.6 is 11.8 Å². The second kappa shape index (κ2) is 15.1. The van der Waals surface area contributed by atoms with E-state index >= 15 is 13.2 Å². The Morgan fingerprint density at radius 1 is 0.981 bits per heavy atom. The van der Waals surface area contributed by atoms with E-state index < -0.39 is 18.1 Å². The average molecular weight is 735 g/mol. The zero-order valence-corrected chi connectivity index (χ0v) is 29.1. The summed E-state index contributed by atoms with van der Waals surface area (Å²) in [4.78, 5) is 31.2. The lowest BCUT2D eigenvalue weighted by molar-refractivity contribution is -0.210. The van der Waals surface area contributed by atoms with E-state index in [2.05, 4.69) is 25.8 Å². The topological polar surface area (TPSA) is 110 Å². The number of fused-ring (bicyclic) bond motifs is 1. The summed E-state index contributed by atoms with van der Waals surface area (Å²) in [6.45, 7) is 1.69. The molecule has 15 heteroatoms. The zero-order valence-electron chi connectivity index (χ0n) is 28.3. The van der Waals surface area contributed by atoms with Gasteiger partial charge in [0.2, 0.25) is 0 Å². The fraction of sp³-hybridized carbons (Fsp3) is 0.378. The van der Waals surface area contributed by atoms with Gasteiger partial charge < -0.3 is 24.7 Å². The SMILES string of the molecule is O=C1NCCN1CCNCc1nnc(Cn2c(SCc3ccc(F)cc3)nc(=O)c3c2CCC3)n1CC1(C(F)(F)F)C=CC(c2ccccc2)=CC1. The van der Waals surface area contributed by atoms with Gasteiger partial charge in [-0.15, -0.1) is 10.2 Å². The summed E-state index contributed by atoms with van der Waals surface area (Å²) in [7, 11) is 0. The number of aromatic nitrogens is 5. The summed E-state index contributed by atoms with van der Waals surface area (Å²) in [5.41, 5.74) is 1.22. The molecule has 0 spiro atoms. The van der Waals surface area contributed by atoms with Gasteiger partial charge in [-0.1, -0.05) is 72.5 Å². The minimum absolute atomic E-state index is 0.0467. The number of urea groups is 1. The Bertz CT molecular complexity index is 2050. The van der Waals surface area contributed by atoms with Gasteiger partial charge in [0.15, 0.2) is 11.0 Å². The number of halogens is 4. The highest BCUT2D eigenvalue weighted by Gasteiger charge is 2.53. The van der Waals surface area contributed by atoms with Gasteiger partial charge in [0.25, 0.3) is 5.56 Å². The van der Waals surface area contributed by atoms with Crippen LogP contribution in [0.2, 0.25) is 0 Å². The molecule has 2 aromatic carbocycles. The number of alkyl halides is 3. The van der Waals surface area contributed by atoms with Gasteiger partial charge in [-0.2, -0.15) is 18.2 Å². The Kier molecular flexibility index (Phi) is 10.3. The summed E-state index contributed by atoms with van der Waals surface area (Å²) in [6.07, 6.45) is 1.49. The molecule has 2 N–H and O–H groups in total. The van der Waals surface area contributed by atoms with E-state index in [4.69, 9.17) is 0 Å². The highest BCUT2D eigenvalue weighted by Crippen LogP contribution is 2.48. The molecule has 2 aromatic heterocycles. The smallest absolute Gasteiger partial charge is 0.336 e. The Labute approximate surface area is 302 Å². The number of hydrogen-bond donors (Lipinski definition) is 2. The van der Waals surface area contributed by atoms with E-state index in [1.165, 1.54) is 36.0 Å². The normalized spacial score (nSPS) is 18.5. The molecule has 1 saturated heterocycles. The lowest BCUT2D eigenvalue weighted by Crippen LogP contribution is -2.42. The minimum Gasteiger partial charge on any atom is -0.336 e. The Balaban J connectivity index is 1.21. The number of nitrogens with zero attached hydrogens (tertiary/aromatic N) is 6. The number of rotatable bonds is 13. The zero-order chi connectivity index (χ0) is 36.3. The number of thioether (sulfide) groups is 1. The second-order valence-electron chi connectivity index (χ2n) is 13.2. The Hall–Kier alpha value is -4.76. The van der Waals surface area contributed by atoms with Crippen LogP contribution in [-0.2, 0) is 38.2 Å². The molecule has 4 aromatic rings. The van der Waals surface area contributed by atoms with Crippen LogP contribution in [0.4, 0.5) is 22.4 Å². The van der Waals surface area contributed by atoms with Gasteiger partial charge in [-0.05, 0) is 54.5 Å². The van der Waals surface area contributed by atoms with Crippen LogP contribution in [0.5, 0.6) is 0 Å². The quantitative estimate of drug-likeness (QED) is 0.0808. The maximum absolute atomic E-state index is 15.2. The van der Waals surface area contributed by atoms with Crippen LogP contribution in [0.25, 0.3) is 5.57 Å². The third kappa shape index (κ3) is 7.56. The lowest BCUT2D eigenvalue weighted by Gasteiger charge is -2.35. The molecule has 272 valence electrons. The van der Waals surface area contributed by atoms with E-state index in [0.29, 0.717) is 67.1 Å². The minimum atomic E-state index is -4.60. The average Bonchev–Trinajstić information content (AvgIpc) is 3.89. The van der Waals surface area contributed by atoms with E-state index in [-0.39, 0.29) is 36.9 Å². The molecule has 1 aliphatic heterocycles. The molecule has 1 atom stereocenters. The number of carbonyl (C=O) groups is 1. The van der Waals surface area contributed by atoms with Crippen LogP contribution < -0.4 is 16.2 Å². The maximum Gasteiger partial charge on any atom is 0.399 e. The number of hydrogen-bond acceptors (Lipinski definition) is 7. The fourth-order valence-corrected chi connectivity index (χ4v) is 7.86. The molecule has 3 aliphatic rings. The van der Waals surface area contributed by atoms with Crippen molar-refractivity contribution in [1.29, 1.82) is 0 Å². The van der Waals surface area contributed by atoms with Crippen molar-refractivity contribution >= 4 is 23.4 Å². The number of nitrogens with one attached hydrogen (secondary N) is 2. The molecule has 52 heavy (non-hydrogen) atoms. The van der Waals surface area contributed by atoms with Crippen molar-refractivity contribution in [2.24, 2.45) is 5.41 Å². The molecule has 10 nitrogen and oxygen atoms in total. The van der Waals surface area contributed by atoms with Gasteiger partial charge >= 0.3 is 12.2 Å². The molecular weight excluding hydrogens is 697 g/mol. The maximum atomic E-state index is 15.2. The van der Waals surface area contributed by atoms with Crippen LogP contribution in [0, 0.1) is 11.2 Å². The van der Waals surface area contributed by atoms with E-state index in [1.54, 1.807) is 27.7 Å². The molecule has 0 saturated carbocycles. The van der Waals surface area contributed by atoms with Crippen molar-refractivity contribution in [3.63, 3.8) is 0 Å². The predicted octanol–water partition coefficient (Wildman–Crippen LogP) is 5.51. The summed E-state index contributed by atoms with van der Waals surface area (Å²) in [5, 5.41) is 15.3. The van der Waals surface area contributed by atoms with Gasteiger partial charge in [0.05, 0.1) is 13.1 Å². The largest absolute Gasteiger partial charge is 0.399 e. The number of amides is 2. The fourth-order valence-electron chi connectivity index (χ4n) is 6.89. The molecule has 1 unspecified atom stereocenters. The van der Waals surface area contributed by atoms with Crippen molar-refractivity contribution in [1.82, 2.24) is 39.8 Å². The number of carbonyl (C=O) groups excluding carboxylic acids is 1. The van der Waals surface area contributed by atoms with Crippen LogP contribution in [0.1, 0.15) is 46.9 Å². The summed E-state index contributed by atoms with van der Waals surface area (Å²) >= 11 is 1.31. The van der Waals surface area contributed by atoms with Gasteiger partial charge in [-0.3, -0.25) is 4.79 Å². The molecule has 2 aliphatic carbocycles. The first kappa shape index (κ1) is 35.6. The number of benzene rings is 2. The Morgan fingerprint density at radius 2 is 1.77 bits per heavy atom. The van der Waals surface area contributed by atoms with Crippen molar-refractivity contribution < 1.29 is 22.4 Å². The third-order valence-corrected chi connectivity index (χ3v) is 10.9. The van der Waals surface area contributed by atoms with Crippen molar-refractivity contribution in [2.75, 3.05) is 26.2 Å². The van der Waals surface area contributed by atoms with E-state index in [9.17, 15) is 14.0 Å². The lowest BCUT2D eigenvalue weighted by atomic mass is 9.78. The van der Waals surface area contributed by atoms with Crippen molar-refractivity contribution in [3.8, 4) is 0 Å². The molecule has 0 bridgehead atoms. The molecular formula is C37H38F4N8O2S. The molecule has 1 fully saturated rings. The number of allylic oxidation sites excluding steroid dienone is 4. The highest BCUT2D eigenvalue weighted by molar-refractivity contribution is 7.98. The van der Waals surface area contributed by atoms with Crippen LogP contribution in [0.15, 0.2) is 82.8 Å². The Morgan fingerprint density at radius 3 is 2.48 bits per heavy atom. The van der Waals surface area contributed by atoms with Crippen molar-refractivity contribution in [2.45, 2.75) is 62.4 Å². The van der Waals surface area contributed by atoms with E-state index in [1.807, 2.05) is 34.9 Å². The second-order valence-corrected chi connectivity index (χ2v) is 14.2.